The molecule has 1 N–H and O–H groups in total. The molecule has 0 aromatic heterocycles. The van der Waals surface area contributed by atoms with Gasteiger partial charge >= 0.3 is 0 Å². The minimum Gasteiger partial charge on any atom is -0.345 e. The lowest BCUT2D eigenvalue weighted by Gasteiger charge is -2.22. The number of hydrogen-bond donors (Lipinski definition) is 1. The number of alkyl halides is 1. The highest BCUT2D eigenvalue weighted by atomic mass is 19.1. The molecule has 3 heteroatoms. The maximum atomic E-state index is 12.7. The van der Waals surface area contributed by atoms with E-state index in [4.69, 9.17) is 0 Å². The monoisotopic (exact) mass is 231 g/mol. The second-order valence-electron chi connectivity index (χ2n) is 5.37. The van der Waals surface area contributed by atoms with Crippen molar-refractivity contribution in [2.75, 3.05) is 6.67 Å². The Morgan fingerprint density at radius 2 is 2.18 bits per heavy atom. The highest BCUT2D eigenvalue weighted by Gasteiger charge is 2.36. The molecule has 88 valence electrons. The zero-order valence-electron chi connectivity index (χ0n) is 9.93. The van der Waals surface area contributed by atoms with Crippen LogP contribution in [0.4, 0.5) is 4.39 Å². The highest BCUT2D eigenvalue weighted by Crippen LogP contribution is 2.51. The Morgan fingerprint density at radius 1 is 1.41 bits per heavy atom. The number of allylic oxidation sites excluding steroid dienone is 6. The van der Waals surface area contributed by atoms with Gasteiger partial charge in [0.15, 0.2) is 0 Å². The second-order valence-corrected chi connectivity index (χ2v) is 5.37. The quantitative estimate of drug-likeness (QED) is 0.793. The van der Waals surface area contributed by atoms with E-state index < -0.39 is 12.2 Å². The van der Waals surface area contributed by atoms with Crippen molar-refractivity contribution in [3.8, 4) is 0 Å². The van der Waals surface area contributed by atoms with Crippen molar-refractivity contribution in [3.63, 3.8) is 0 Å². The Balaban J connectivity index is 1.86. The number of amides is 1. The van der Waals surface area contributed by atoms with Crippen molar-refractivity contribution < 1.29 is 9.18 Å². The summed E-state index contributed by atoms with van der Waals surface area (Å²) in [7, 11) is 0. The summed E-state index contributed by atoms with van der Waals surface area (Å²) in [6, 6.07) is 0. The number of nitrogens with one attached hydrogen (secondary N) is 1. The third-order valence-electron chi connectivity index (χ3n) is 3.30. The van der Waals surface area contributed by atoms with Gasteiger partial charge in [-0.15, -0.1) is 0 Å². The molecule has 0 aromatic carbocycles. The van der Waals surface area contributed by atoms with E-state index in [0.717, 1.165) is 12.0 Å². The standard InChI is InChI=1S/C14H14FNO/c1-14(2,7-15)16-13(17)10-4-3-9-11-5-8(11)6-12(9)10/h3-4,6H,5,7H2,1-2H3,(H,16,17). The van der Waals surface area contributed by atoms with Crippen LogP contribution in [0.3, 0.4) is 0 Å². The van der Waals surface area contributed by atoms with E-state index in [1.165, 1.54) is 16.7 Å². The van der Waals surface area contributed by atoms with Crippen LogP contribution in [0, 0.1) is 0 Å². The van der Waals surface area contributed by atoms with Crippen LogP contribution in [0.5, 0.6) is 0 Å². The van der Waals surface area contributed by atoms with E-state index in [0.29, 0.717) is 5.57 Å². The molecule has 1 fully saturated rings. The van der Waals surface area contributed by atoms with Gasteiger partial charge in [-0.1, -0.05) is 6.08 Å². The van der Waals surface area contributed by atoms with Crippen LogP contribution in [0.2, 0.25) is 0 Å². The lowest BCUT2D eigenvalue weighted by Crippen LogP contribution is -2.45. The minimum atomic E-state index is -0.803. The van der Waals surface area contributed by atoms with Gasteiger partial charge in [0.1, 0.15) is 6.67 Å². The molecule has 0 heterocycles. The maximum Gasteiger partial charge on any atom is 0.252 e. The molecule has 17 heavy (non-hydrogen) atoms. The van der Waals surface area contributed by atoms with E-state index in [2.05, 4.69) is 11.4 Å². The topological polar surface area (TPSA) is 29.1 Å². The van der Waals surface area contributed by atoms with Crippen molar-refractivity contribution in [3.05, 3.63) is 46.1 Å². The fourth-order valence-corrected chi connectivity index (χ4v) is 2.24. The van der Waals surface area contributed by atoms with Crippen LogP contribution in [0.1, 0.15) is 20.3 Å². The first-order chi connectivity index (χ1) is 8.02. The van der Waals surface area contributed by atoms with Crippen molar-refractivity contribution in [1.29, 1.82) is 0 Å². The third kappa shape index (κ3) is 1.57. The van der Waals surface area contributed by atoms with Crippen LogP contribution in [-0.4, -0.2) is 18.1 Å². The summed E-state index contributed by atoms with van der Waals surface area (Å²) in [5, 5.41) is 2.72. The van der Waals surface area contributed by atoms with Gasteiger partial charge in [0, 0.05) is 5.57 Å². The molecule has 0 radical (unpaired) electrons. The number of fused-ring (bicyclic) bond motifs is 2. The van der Waals surface area contributed by atoms with Gasteiger partial charge < -0.3 is 5.32 Å². The first kappa shape index (κ1) is 10.5. The van der Waals surface area contributed by atoms with Crippen molar-refractivity contribution in [1.82, 2.24) is 5.32 Å². The zero-order chi connectivity index (χ0) is 12.2. The summed E-state index contributed by atoms with van der Waals surface area (Å²) < 4.78 is 12.7. The average Bonchev–Trinajstić information content (AvgIpc) is 2.75. The highest BCUT2D eigenvalue weighted by molar-refractivity contribution is 6.02. The zero-order valence-corrected chi connectivity index (χ0v) is 9.93. The largest absolute Gasteiger partial charge is 0.345 e. The van der Waals surface area contributed by atoms with Gasteiger partial charge in [0.05, 0.1) is 5.54 Å². The molecule has 0 bridgehead atoms. The Labute approximate surface area is 99.6 Å². The van der Waals surface area contributed by atoms with E-state index >= 15 is 0 Å². The van der Waals surface area contributed by atoms with E-state index in [9.17, 15) is 9.18 Å². The molecule has 3 rings (SSSR count). The lowest BCUT2D eigenvalue weighted by molar-refractivity contribution is -0.118. The minimum absolute atomic E-state index is 0.187. The van der Waals surface area contributed by atoms with Gasteiger partial charge in [-0.25, -0.2) is 4.39 Å². The van der Waals surface area contributed by atoms with Crippen molar-refractivity contribution in [2.45, 2.75) is 25.8 Å². The Morgan fingerprint density at radius 3 is 2.88 bits per heavy atom. The van der Waals surface area contributed by atoms with Gasteiger partial charge in [-0.3, -0.25) is 4.79 Å². The Bertz CT molecular complexity index is 547. The summed E-state index contributed by atoms with van der Waals surface area (Å²) in [5.41, 5.74) is 4.76. The average molecular weight is 231 g/mol. The molecule has 2 nitrogen and oxygen atoms in total. The van der Waals surface area contributed by atoms with E-state index in [-0.39, 0.29) is 5.91 Å². The number of hydrogen-bond acceptors (Lipinski definition) is 1. The molecular weight excluding hydrogens is 217 g/mol. The van der Waals surface area contributed by atoms with Gasteiger partial charge in [0.2, 0.25) is 0 Å². The van der Waals surface area contributed by atoms with Gasteiger partial charge in [-0.2, -0.15) is 0 Å². The summed E-state index contributed by atoms with van der Waals surface area (Å²) in [4.78, 5) is 12.0. The predicted octanol–water partition coefficient (Wildman–Crippen LogP) is 2.36. The van der Waals surface area contributed by atoms with Crippen LogP contribution in [-0.2, 0) is 4.79 Å². The second kappa shape index (κ2) is 3.19. The van der Waals surface area contributed by atoms with Crippen LogP contribution in [0.25, 0.3) is 0 Å². The van der Waals surface area contributed by atoms with Crippen LogP contribution in [0.15, 0.2) is 46.1 Å². The van der Waals surface area contributed by atoms with Crippen molar-refractivity contribution in [2.24, 2.45) is 0 Å². The number of halogens is 1. The molecule has 0 aliphatic heterocycles. The number of carbonyl (C=O) groups excluding carboxylic acids is 1. The van der Waals surface area contributed by atoms with E-state index in [1.807, 2.05) is 12.2 Å². The first-order valence-electron chi connectivity index (χ1n) is 5.77. The molecule has 1 saturated carbocycles. The first-order valence-corrected chi connectivity index (χ1v) is 5.77. The summed E-state index contributed by atoms with van der Waals surface area (Å²) >= 11 is 0. The lowest BCUT2D eigenvalue weighted by atomic mass is 10.0. The Kier molecular flexibility index (Phi) is 1.97. The molecule has 0 atom stereocenters. The number of carbonyl (C=O) groups is 1. The molecule has 0 saturated heterocycles. The van der Waals surface area contributed by atoms with Crippen LogP contribution >= 0.6 is 0 Å². The molecular formula is C14H14FNO. The molecule has 3 aliphatic rings. The fraction of sp³-hybridized carbons (Fsp3) is 0.357. The fourth-order valence-electron chi connectivity index (χ4n) is 2.24. The number of rotatable bonds is 3. The predicted molar refractivity (Wildman–Crippen MR) is 64.1 cm³/mol. The Hall–Kier alpha value is -1.64. The molecule has 0 spiro atoms. The third-order valence-corrected chi connectivity index (χ3v) is 3.30. The normalized spacial score (nSPS) is 20.5. The van der Waals surface area contributed by atoms with Gasteiger partial charge in [0.25, 0.3) is 5.91 Å². The summed E-state index contributed by atoms with van der Waals surface area (Å²) in [6.07, 6.45) is 6.95. The van der Waals surface area contributed by atoms with Crippen molar-refractivity contribution >= 4 is 5.91 Å². The molecule has 0 unspecified atom stereocenters. The van der Waals surface area contributed by atoms with Gasteiger partial charge in [-0.05, 0) is 54.7 Å². The summed E-state index contributed by atoms with van der Waals surface area (Å²) in [6.45, 7) is 2.79. The van der Waals surface area contributed by atoms with Crippen LogP contribution < -0.4 is 5.32 Å². The SMILES string of the molecule is CC(C)(CF)NC(=O)C1=C2C=C3CC3=C2C=C1. The molecule has 0 aromatic rings. The molecule has 3 aliphatic carbocycles. The summed E-state index contributed by atoms with van der Waals surface area (Å²) in [5.74, 6) is -0.187. The van der Waals surface area contributed by atoms with E-state index in [1.54, 1.807) is 13.8 Å². The maximum absolute atomic E-state index is 12.7. The smallest absolute Gasteiger partial charge is 0.252 e. The molecule has 1 amide bonds.